The van der Waals surface area contributed by atoms with E-state index in [1.54, 1.807) is 0 Å². The van der Waals surface area contributed by atoms with E-state index in [1.165, 1.54) is 25.7 Å². The van der Waals surface area contributed by atoms with Gasteiger partial charge in [-0.25, -0.2) is 18.7 Å². The highest BCUT2D eigenvalue weighted by Gasteiger charge is 2.56. The molecule has 9 nitrogen and oxygen atoms in total. The second kappa shape index (κ2) is 7.85. The average Bonchev–Trinajstić information content (AvgIpc) is 3.55. The van der Waals surface area contributed by atoms with Gasteiger partial charge in [-0.3, -0.25) is 10.2 Å². The van der Waals surface area contributed by atoms with Gasteiger partial charge in [-0.15, -0.1) is 0 Å². The molecule has 0 radical (unpaired) electrons. The average molecular weight is 447 g/mol. The Hall–Kier alpha value is 0.450. The Morgan fingerprint density at radius 1 is 0.607 bits per heavy atom. The Morgan fingerprint density at radius 3 is 1.36 bits per heavy atom. The highest BCUT2D eigenvalue weighted by molar-refractivity contribution is 7.83. The molecular weight excluding hydrogens is 411 g/mol. The number of nitrogens with zero attached hydrogens (tertiary/aromatic N) is 7. The van der Waals surface area contributed by atoms with E-state index < -0.39 is 22.5 Å². The third kappa shape index (κ3) is 3.88. The molecule has 28 heavy (non-hydrogen) atoms. The number of hydrogen-bond donors (Lipinski definition) is 2. The van der Waals surface area contributed by atoms with Crippen molar-refractivity contribution in [3.05, 3.63) is 0 Å². The van der Waals surface area contributed by atoms with Crippen molar-refractivity contribution in [3.8, 4) is 0 Å². The van der Waals surface area contributed by atoms with Crippen molar-refractivity contribution in [1.29, 1.82) is 0 Å². The molecule has 0 unspecified atom stereocenters. The first-order valence-corrected chi connectivity index (χ1v) is 16.0. The van der Waals surface area contributed by atoms with Crippen molar-refractivity contribution in [2.45, 2.75) is 39.5 Å². The van der Waals surface area contributed by atoms with Gasteiger partial charge in [0.15, 0.2) is 0 Å². The fraction of sp³-hybridized carbons (Fsp3) is 1.00. The van der Waals surface area contributed by atoms with Crippen LogP contribution in [0.4, 0.5) is 0 Å². The van der Waals surface area contributed by atoms with E-state index in [4.69, 9.17) is 13.5 Å². The van der Waals surface area contributed by atoms with Gasteiger partial charge in [0.05, 0.1) is 0 Å². The molecule has 0 bridgehead atoms. The van der Waals surface area contributed by atoms with Crippen molar-refractivity contribution >= 4 is 22.5 Å². The highest BCUT2D eigenvalue weighted by atomic mass is 31.3. The lowest BCUT2D eigenvalue weighted by atomic mass is 10.3. The maximum Gasteiger partial charge on any atom is 0.221 e. The van der Waals surface area contributed by atoms with Crippen molar-refractivity contribution in [1.82, 2.24) is 28.9 Å². The van der Waals surface area contributed by atoms with Crippen LogP contribution in [0, 0.1) is 0 Å². The zero-order valence-corrected chi connectivity index (χ0v) is 20.1. The molecule has 0 aromatic carbocycles. The lowest BCUT2D eigenvalue weighted by Crippen LogP contribution is -2.25. The summed E-state index contributed by atoms with van der Waals surface area (Å²) in [5, 5.41) is 7.78. The van der Waals surface area contributed by atoms with Gasteiger partial charge in [0.1, 0.15) is 0 Å². The van der Waals surface area contributed by atoms with Gasteiger partial charge >= 0.3 is 0 Å². The number of unbranched alkanes of at least 4 members (excludes halogenated alkanes) is 2. The van der Waals surface area contributed by atoms with Crippen LogP contribution in [0.25, 0.3) is 0 Å². The van der Waals surface area contributed by atoms with Crippen molar-refractivity contribution < 1.29 is 0 Å². The predicted molar refractivity (Wildman–Crippen MR) is 120 cm³/mol. The Kier molecular flexibility index (Phi) is 5.71. The first kappa shape index (κ1) is 20.4. The summed E-state index contributed by atoms with van der Waals surface area (Å²) >= 11 is 0. The molecule has 5 rings (SSSR count). The SMILES string of the molecule is CCCCNP1(NCCCC)=NP(N2CC2)(N2CC2)=NP(N2CC2)(N2CC2)=N1. The fourth-order valence-electron chi connectivity index (χ4n) is 3.63. The molecule has 0 aromatic rings. The second-order valence-electron chi connectivity index (χ2n) is 8.28. The second-order valence-corrected chi connectivity index (χ2v) is 16.7. The van der Waals surface area contributed by atoms with E-state index in [1.807, 2.05) is 0 Å². The number of rotatable bonds is 12. The zero-order valence-electron chi connectivity index (χ0n) is 17.4. The summed E-state index contributed by atoms with van der Waals surface area (Å²) in [5.74, 6) is 0. The van der Waals surface area contributed by atoms with Crippen LogP contribution in [0.3, 0.4) is 0 Å². The van der Waals surface area contributed by atoms with Crippen LogP contribution >= 0.6 is 22.5 Å². The first-order valence-electron chi connectivity index (χ1n) is 11.1. The normalized spacial score (nSPS) is 30.2. The first-order chi connectivity index (χ1) is 13.7. The van der Waals surface area contributed by atoms with Crippen LogP contribution in [0.1, 0.15) is 39.5 Å². The van der Waals surface area contributed by atoms with E-state index in [-0.39, 0.29) is 0 Å². The molecule has 4 saturated heterocycles. The number of hydrogen-bond acceptors (Lipinski definition) is 9. The summed E-state index contributed by atoms with van der Waals surface area (Å²) in [5.41, 5.74) is 0. The van der Waals surface area contributed by atoms with E-state index in [0.29, 0.717) is 0 Å². The van der Waals surface area contributed by atoms with Gasteiger partial charge in [0.2, 0.25) is 22.5 Å². The van der Waals surface area contributed by atoms with Crippen LogP contribution in [0.2, 0.25) is 0 Å². The highest BCUT2D eigenvalue weighted by Crippen LogP contribution is 2.83. The summed E-state index contributed by atoms with van der Waals surface area (Å²) in [6, 6.07) is 0. The van der Waals surface area contributed by atoms with Gasteiger partial charge in [-0.2, -0.15) is 13.5 Å². The van der Waals surface area contributed by atoms with Crippen LogP contribution in [0.5, 0.6) is 0 Å². The lowest BCUT2D eigenvalue weighted by molar-refractivity contribution is 0.725. The summed E-state index contributed by atoms with van der Waals surface area (Å²) in [7, 11) is -6.09. The molecule has 5 aliphatic rings. The molecule has 0 aliphatic carbocycles. The maximum absolute atomic E-state index is 5.68. The minimum atomic E-state index is -2.16. The van der Waals surface area contributed by atoms with E-state index in [0.717, 1.165) is 65.4 Å². The largest absolute Gasteiger partial charge is 0.253 e. The molecule has 0 spiro atoms. The quantitative estimate of drug-likeness (QED) is 0.269. The fourth-order valence-corrected chi connectivity index (χ4v) is 18.0. The molecule has 0 atom stereocenters. The molecule has 0 amide bonds. The summed E-state index contributed by atoms with van der Waals surface area (Å²) in [4.78, 5) is 0. The van der Waals surface area contributed by atoms with Crippen LogP contribution in [-0.4, -0.2) is 84.1 Å². The van der Waals surface area contributed by atoms with Crippen molar-refractivity contribution in [2.24, 2.45) is 13.5 Å². The third-order valence-corrected chi connectivity index (χ3v) is 17.6. The smallest absolute Gasteiger partial charge is 0.221 e. The zero-order chi connectivity index (χ0) is 19.2. The molecule has 12 heteroatoms. The molecule has 2 N–H and O–H groups in total. The van der Waals surface area contributed by atoms with Gasteiger partial charge < -0.3 is 0 Å². The summed E-state index contributed by atoms with van der Waals surface area (Å²) < 4.78 is 27.2. The van der Waals surface area contributed by atoms with Gasteiger partial charge in [-0.05, 0) is 12.8 Å². The maximum atomic E-state index is 5.68. The molecule has 5 heterocycles. The van der Waals surface area contributed by atoms with Gasteiger partial charge in [0, 0.05) is 65.4 Å². The minimum Gasteiger partial charge on any atom is -0.253 e. The standard InChI is InChI=1S/C16H36N9P3/c1-3-5-7-17-26(18-8-6-4-2)19-27(22-9-10-22,23-11-12-23)21-28(20-26,24-13-14-24)25-15-16-25/h17-18H,3-16H2,1-2H3. The van der Waals surface area contributed by atoms with Gasteiger partial charge in [0.25, 0.3) is 0 Å². The van der Waals surface area contributed by atoms with Gasteiger partial charge in [-0.1, -0.05) is 26.7 Å². The van der Waals surface area contributed by atoms with E-state index >= 15 is 0 Å². The summed E-state index contributed by atoms with van der Waals surface area (Å²) in [6.07, 6.45) is 4.75. The summed E-state index contributed by atoms with van der Waals surface area (Å²) in [6.45, 7) is 15.7. The monoisotopic (exact) mass is 447 g/mol. The third-order valence-electron chi connectivity index (χ3n) is 5.68. The van der Waals surface area contributed by atoms with Crippen LogP contribution < -0.4 is 10.2 Å². The number of nitrogens with one attached hydrogen (secondary N) is 2. The lowest BCUT2D eigenvalue weighted by Gasteiger charge is -2.38. The molecular formula is C16H36N9P3. The van der Waals surface area contributed by atoms with E-state index in [9.17, 15) is 0 Å². The molecule has 160 valence electrons. The van der Waals surface area contributed by atoms with E-state index in [2.05, 4.69) is 42.7 Å². The molecule has 5 aliphatic heterocycles. The van der Waals surface area contributed by atoms with Crippen LogP contribution in [0.15, 0.2) is 13.5 Å². The molecule has 0 aromatic heterocycles. The Labute approximate surface area is 170 Å². The predicted octanol–water partition coefficient (Wildman–Crippen LogP) is 3.88. The Bertz CT molecular complexity index is 692. The topological polar surface area (TPSA) is 73.2 Å². The van der Waals surface area contributed by atoms with Crippen molar-refractivity contribution in [2.75, 3.05) is 65.4 Å². The molecule has 0 saturated carbocycles. The van der Waals surface area contributed by atoms with Crippen molar-refractivity contribution in [3.63, 3.8) is 0 Å². The minimum absolute atomic E-state index is 0.996. The Morgan fingerprint density at radius 2 is 1.00 bits per heavy atom. The molecule has 4 fully saturated rings. The van der Waals surface area contributed by atoms with Crippen LogP contribution in [-0.2, 0) is 0 Å². The Balaban J connectivity index is 1.63.